The van der Waals surface area contributed by atoms with E-state index in [0.717, 1.165) is 36.5 Å². The van der Waals surface area contributed by atoms with Gasteiger partial charge < -0.3 is 20.4 Å². The van der Waals surface area contributed by atoms with Crippen LogP contribution in [-0.4, -0.2) is 63.1 Å². The summed E-state index contributed by atoms with van der Waals surface area (Å²) in [6, 6.07) is 8.72. The van der Waals surface area contributed by atoms with Gasteiger partial charge in [-0.05, 0) is 36.6 Å². The molecular formula is C19H30BrN5O. The van der Waals surface area contributed by atoms with E-state index in [4.69, 9.17) is 0 Å². The van der Waals surface area contributed by atoms with Gasteiger partial charge in [-0.25, -0.2) is 4.99 Å². The van der Waals surface area contributed by atoms with Crippen molar-refractivity contribution in [2.24, 2.45) is 10.9 Å². The minimum absolute atomic E-state index is 0.00134. The van der Waals surface area contributed by atoms with E-state index in [1.807, 2.05) is 0 Å². The Hall–Kier alpha value is -1.76. The lowest BCUT2D eigenvalue weighted by Gasteiger charge is -2.21. The van der Waals surface area contributed by atoms with E-state index in [-0.39, 0.29) is 12.5 Å². The summed E-state index contributed by atoms with van der Waals surface area (Å²) in [5.41, 5.74) is 1.23. The molecule has 2 rings (SSSR count). The van der Waals surface area contributed by atoms with Gasteiger partial charge in [0, 0.05) is 49.9 Å². The predicted octanol–water partition coefficient (Wildman–Crippen LogP) is 2.31. The molecule has 1 atom stereocenters. The van der Waals surface area contributed by atoms with Crippen molar-refractivity contribution in [3.63, 3.8) is 0 Å². The third kappa shape index (κ3) is 6.52. The van der Waals surface area contributed by atoms with Crippen molar-refractivity contribution in [2.45, 2.75) is 26.3 Å². The minimum Gasteiger partial charge on any atom is -0.369 e. The van der Waals surface area contributed by atoms with Crippen molar-refractivity contribution in [3.8, 4) is 0 Å². The van der Waals surface area contributed by atoms with Crippen LogP contribution < -0.4 is 15.5 Å². The van der Waals surface area contributed by atoms with Gasteiger partial charge in [-0.2, -0.15) is 0 Å². The van der Waals surface area contributed by atoms with Gasteiger partial charge in [0.25, 0.3) is 0 Å². The predicted molar refractivity (Wildman–Crippen MR) is 112 cm³/mol. The molecule has 1 amide bonds. The number of halogens is 1. The number of hydrogen-bond acceptors (Lipinski definition) is 3. The second-order valence-corrected chi connectivity index (χ2v) is 8.20. The minimum atomic E-state index is -0.00134. The molecule has 0 aromatic heterocycles. The van der Waals surface area contributed by atoms with Gasteiger partial charge in [0.05, 0.1) is 0 Å². The Kier molecular flexibility index (Phi) is 7.75. The maximum Gasteiger partial charge on any atom is 0.243 e. The van der Waals surface area contributed by atoms with Crippen molar-refractivity contribution in [1.29, 1.82) is 0 Å². The van der Waals surface area contributed by atoms with E-state index in [1.165, 1.54) is 5.69 Å². The first kappa shape index (κ1) is 20.6. The summed E-state index contributed by atoms with van der Waals surface area (Å²) in [5.74, 6) is 1.23. The molecule has 0 aliphatic carbocycles. The molecule has 144 valence electrons. The largest absolute Gasteiger partial charge is 0.369 e. The second-order valence-electron chi connectivity index (χ2n) is 7.28. The van der Waals surface area contributed by atoms with E-state index in [2.05, 4.69) is 74.6 Å². The zero-order valence-electron chi connectivity index (χ0n) is 16.1. The van der Waals surface area contributed by atoms with Crippen molar-refractivity contribution >= 4 is 33.5 Å². The molecule has 1 aromatic rings. The van der Waals surface area contributed by atoms with Crippen molar-refractivity contribution in [1.82, 2.24) is 15.5 Å². The van der Waals surface area contributed by atoms with E-state index in [0.29, 0.717) is 12.0 Å². The van der Waals surface area contributed by atoms with Gasteiger partial charge in [0.15, 0.2) is 5.96 Å². The number of carbonyl (C=O) groups excluding carboxylic acids is 1. The highest BCUT2D eigenvalue weighted by Gasteiger charge is 2.23. The number of nitrogens with zero attached hydrogens (tertiary/aromatic N) is 3. The summed E-state index contributed by atoms with van der Waals surface area (Å²) >= 11 is 3.48. The summed E-state index contributed by atoms with van der Waals surface area (Å²) in [4.78, 5) is 20.2. The number of nitrogens with one attached hydrogen (secondary N) is 2. The molecule has 26 heavy (non-hydrogen) atoms. The topological polar surface area (TPSA) is 60.0 Å². The van der Waals surface area contributed by atoms with Crippen LogP contribution in [0.5, 0.6) is 0 Å². The summed E-state index contributed by atoms with van der Waals surface area (Å²) in [5, 5.41) is 6.84. The van der Waals surface area contributed by atoms with E-state index in [9.17, 15) is 4.79 Å². The standard InChI is InChI=1S/C19H30BrN5O/c1-14(2)11-21-19(22-12-18(26)24(3)4)23-16-9-10-25(13-16)17-7-5-15(20)6-8-17/h5-8,14,16H,9-13H2,1-4H3,(H2,21,22,23). The SMILES string of the molecule is CC(C)CNC(=NCC(=O)N(C)C)NC1CCN(c2ccc(Br)cc2)C1. The summed E-state index contributed by atoms with van der Waals surface area (Å²) in [7, 11) is 3.50. The number of carbonyl (C=O) groups is 1. The summed E-state index contributed by atoms with van der Waals surface area (Å²) < 4.78 is 1.09. The molecule has 0 spiro atoms. The van der Waals surface area contributed by atoms with Crippen molar-refractivity contribution in [3.05, 3.63) is 28.7 Å². The summed E-state index contributed by atoms with van der Waals surface area (Å²) in [6.45, 7) is 7.22. The highest BCUT2D eigenvalue weighted by Crippen LogP contribution is 2.22. The Morgan fingerprint density at radius 1 is 1.35 bits per heavy atom. The Balaban J connectivity index is 1.95. The lowest BCUT2D eigenvalue weighted by atomic mass is 10.2. The van der Waals surface area contributed by atoms with Crippen LogP contribution in [0.15, 0.2) is 33.7 Å². The number of aliphatic imine (C=N–C) groups is 1. The lowest BCUT2D eigenvalue weighted by Crippen LogP contribution is -2.46. The molecule has 0 radical (unpaired) electrons. The van der Waals surface area contributed by atoms with Gasteiger partial charge >= 0.3 is 0 Å². The molecule has 1 aliphatic heterocycles. The zero-order valence-corrected chi connectivity index (χ0v) is 17.7. The molecule has 7 heteroatoms. The van der Waals surface area contributed by atoms with Crippen LogP contribution in [0.1, 0.15) is 20.3 Å². The average molecular weight is 424 g/mol. The van der Waals surface area contributed by atoms with Crippen LogP contribution in [0, 0.1) is 5.92 Å². The molecule has 1 aliphatic rings. The molecule has 0 saturated carbocycles. The monoisotopic (exact) mass is 423 g/mol. The molecule has 2 N–H and O–H groups in total. The maximum absolute atomic E-state index is 11.8. The van der Waals surface area contributed by atoms with Gasteiger partial charge in [0.1, 0.15) is 6.54 Å². The van der Waals surface area contributed by atoms with Crippen LogP contribution in [0.4, 0.5) is 5.69 Å². The van der Waals surface area contributed by atoms with Crippen LogP contribution in [-0.2, 0) is 4.79 Å². The van der Waals surface area contributed by atoms with Gasteiger partial charge in [-0.15, -0.1) is 0 Å². The first-order valence-corrected chi connectivity index (χ1v) is 9.90. The third-order valence-electron chi connectivity index (χ3n) is 4.27. The van der Waals surface area contributed by atoms with Gasteiger partial charge in [-0.3, -0.25) is 4.79 Å². The molecule has 1 aromatic carbocycles. The number of rotatable bonds is 6. The number of guanidine groups is 1. The average Bonchev–Trinajstić information content (AvgIpc) is 3.05. The second kappa shape index (κ2) is 9.80. The Morgan fingerprint density at radius 2 is 2.04 bits per heavy atom. The van der Waals surface area contributed by atoms with E-state index < -0.39 is 0 Å². The van der Waals surface area contributed by atoms with Crippen LogP contribution in [0.3, 0.4) is 0 Å². The number of likely N-dealkylation sites (N-methyl/N-ethyl adjacent to an activating group) is 1. The van der Waals surface area contributed by atoms with Crippen LogP contribution in [0.25, 0.3) is 0 Å². The maximum atomic E-state index is 11.8. The fraction of sp³-hybridized carbons (Fsp3) is 0.579. The zero-order chi connectivity index (χ0) is 19.1. The highest BCUT2D eigenvalue weighted by molar-refractivity contribution is 9.10. The number of anilines is 1. The molecule has 1 unspecified atom stereocenters. The van der Waals surface area contributed by atoms with Gasteiger partial charge in [-0.1, -0.05) is 29.8 Å². The molecule has 1 saturated heterocycles. The lowest BCUT2D eigenvalue weighted by molar-refractivity contribution is -0.127. The smallest absolute Gasteiger partial charge is 0.243 e. The molecule has 0 bridgehead atoms. The quantitative estimate of drug-likeness (QED) is 0.544. The van der Waals surface area contributed by atoms with Crippen LogP contribution in [0.2, 0.25) is 0 Å². The van der Waals surface area contributed by atoms with E-state index >= 15 is 0 Å². The first-order valence-electron chi connectivity index (χ1n) is 9.10. The molecule has 6 nitrogen and oxygen atoms in total. The van der Waals surface area contributed by atoms with Crippen molar-refractivity contribution in [2.75, 3.05) is 45.2 Å². The van der Waals surface area contributed by atoms with Gasteiger partial charge in [0.2, 0.25) is 5.91 Å². The van der Waals surface area contributed by atoms with Crippen LogP contribution >= 0.6 is 15.9 Å². The van der Waals surface area contributed by atoms with E-state index in [1.54, 1.807) is 19.0 Å². The Labute approximate surface area is 165 Å². The summed E-state index contributed by atoms with van der Waals surface area (Å²) in [6.07, 6.45) is 1.04. The van der Waals surface area contributed by atoms with Crippen molar-refractivity contribution < 1.29 is 4.79 Å². The highest BCUT2D eigenvalue weighted by atomic mass is 79.9. The molecule has 1 heterocycles. The normalized spacial score (nSPS) is 17.5. The fourth-order valence-corrected chi connectivity index (χ4v) is 2.96. The third-order valence-corrected chi connectivity index (χ3v) is 4.80. The number of hydrogen-bond donors (Lipinski definition) is 2. The Bertz CT molecular complexity index is 615. The molecule has 1 fully saturated rings. The Morgan fingerprint density at radius 3 is 2.65 bits per heavy atom. The molecular weight excluding hydrogens is 394 g/mol. The number of amides is 1. The first-order chi connectivity index (χ1) is 12.3. The fourth-order valence-electron chi connectivity index (χ4n) is 2.70. The number of benzene rings is 1.